The van der Waals surface area contributed by atoms with Gasteiger partial charge in [-0.2, -0.15) is 0 Å². The van der Waals surface area contributed by atoms with Gasteiger partial charge >= 0.3 is 0 Å². The predicted octanol–water partition coefficient (Wildman–Crippen LogP) is 12.5. The highest BCUT2D eigenvalue weighted by molar-refractivity contribution is 5.83. The van der Waals surface area contributed by atoms with Crippen LogP contribution >= 0.6 is 0 Å². The fourth-order valence-corrected chi connectivity index (χ4v) is 7.73. The van der Waals surface area contributed by atoms with Crippen LogP contribution in [0.3, 0.4) is 0 Å². The SMILES string of the molecule is CC1c2ccc(N(c3ccccc3)c3ccccc3)cc2-c2ccccc2CC1c1ccc(-c2nc(-c3ccccc3)nc(-c3ccccc3)n2)cc1. The van der Waals surface area contributed by atoms with Crippen LogP contribution < -0.4 is 4.90 Å². The number of hydrogen-bond donors (Lipinski definition) is 0. The lowest BCUT2D eigenvalue weighted by Gasteiger charge is -2.28. The Morgan fingerprint density at radius 3 is 1.45 bits per heavy atom. The van der Waals surface area contributed by atoms with Crippen LogP contribution in [0, 0.1) is 0 Å². The molecule has 0 amide bonds. The van der Waals surface area contributed by atoms with Crippen LogP contribution in [0.25, 0.3) is 45.3 Å². The summed E-state index contributed by atoms with van der Waals surface area (Å²) < 4.78 is 0. The minimum atomic E-state index is 0.283. The topological polar surface area (TPSA) is 41.9 Å². The minimum Gasteiger partial charge on any atom is -0.310 e. The molecule has 0 spiro atoms. The van der Waals surface area contributed by atoms with Crippen molar-refractivity contribution in [1.82, 2.24) is 15.0 Å². The van der Waals surface area contributed by atoms with E-state index in [9.17, 15) is 0 Å². The van der Waals surface area contributed by atoms with Gasteiger partial charge in [-0.1, -0.05) is 159 Å². The van der Waals surface area contributed by atoms with E-state index in [1.165, 1.54) is 27.8 Å². The third kappa shape index (κ3) is 6.41. The van der Waals surface area contributed by atoms with Crippen LogP contribution in [0.4, 0.5) is 17.1 Å². The summed E-state index contributed by atoms with van der Waals surface area (Å²) in [6, 6.07) is 66.4. The Kier molecular flexibility index (Phi) is 8.63. The number of hydrogen-bond acceptors (Lipinski definition) is 4. The van der Waals surface area contributed by atoms with Gasteiger partial charge in [-0.3, -0.25) is 0 Å². The maximum Gasteiger partial charge on any atom is 0.164 e. The Morgan fingerprint density at radius 2 is 0.906 bits per heavy atom. The molecule has 254 valence electrons. The van der Waals surface area contributed by atoms with Gasteiger partial charge in [0.15, 0.2) is 17.5 Å². The summed E-state index contributed by atoms with van der Waals surface area (Å²) in [5, 5.41) is 0. The third-order valence-electron chi connectivity index (χ3n) is 10.5. The number of benzene rings is 7. The highest BCUT2D eigenvalue weighted by Crippen LogP contribution is 2.47. The molecule has 1 aliphatic carbocycles. The molecule has 1 aliphatic rings. The van der Waals surface area contributed by atoms with Gasteiger partial charge in [0.2, 0.25) is 0 Å². The maximum atomic E-state index is 4.97. The van der Waals surface area contributed by atoms with Crippen LogP contribution in [0.5, 0.6) is 0 Å². The van der Waals surface area contributed by atoms with Crippen molar-refractivity contribution in [1.29, 1.82) is 0 Å². The number of nitrogens with zero attached hydrogens (tertiary/aromatic N) is 4. The van der Waals surface area contributed by atoms with Crippen molar-refractivity contribution < 1.29 is 0 Å². The molecule has 4 heteroatoms. The largest absolute Gasteiger partial charge is 0.310 e. The summed E-state index contributed by atoms with van der Waals surface area (Å²) in [5.74, 6) is 2.58. The average Bonchev–Trinajstić information content (AvgIpc) is 3.36. The molecule has 2 unspecified atom stereocenters. The molecular formula is C49H38N4. The smallest absolute Gasteiger partial charge is 0.164 e. The molecule has 0 saturated carbocycles. The van der Waals surface area contributed by atoms with Gasteiger partial charge in [0.05, 0.1) is 0 Å². The van der Waals surface area contributed by atoms with Crippen molar-refractivity contribution in [2.45, 2.75) is 25.2 Å². The molecule has 0 bridgehead atoms. The van der Waals surface area contributed by atoms with Crippen LogP contribution in [0.2, 0.25) is 0 Å². The molecule has 2 atom stereocenters. The highest BCUT2D eigenvalue weighted by atomic mass is 15.1. The summed E-state index contributed by atoms with van der Waals surface area (Å²) in [5.41, 5.74) is 13.0. The van der Waals surface area contributed by atoms with Gasteiger partial charge in [-0.15, -0.1) is 0 Å². The fraction of sp³-hybridized carbons (Fsp3) is 0.0816. The zero-order valence-electron chi connectivity index (χ0n) is 29.5. The van der Waals surface area contributed by atoms with E-state index in [1.54, 1.807) is 0 Å². The Labute approximate surface area is 311 Å². The second-order valence-corrected chi connectivity index (χ2v) is 13.7. The average molecular weight is 683 g/mol. The van der Waals surface area contributed by atoms with E-state index in [4.69, 9.17) is 15.0 Å². The predicted molar refractivity (Wildman–Crippen MR) is 218 cm³/mol. The number of para-hydroxylation sites is 2. The normalized spacial score (nSPS) is 14.8. The van der Waals surface area contributed by atoms with Crippen molar-refractivity contribution in [2.75, 3.05) is 4.90 Å². The van der Waals surface area contributed by atoms with Crippen LogP contribution in [0.15, 0.2) is 188 Å². The fourth-order valence-electron chi connectivity index (χ4n) is 7.73. The first-order valence-corrected chi connectivity index (χ1v) is 18.3. The van der Waals surface area contributed by atoms with Crippen LogP contribution in [-0.4, -0.2) is 15.0 Å². The third-order valence-corrected chi connectivity index (χ3v) is 10.5. The van der Waals surface area contributed by atoms with Gasteiger partial charge in [0, 0.05) is 33.8 Å². The molecule has 9 rings (SSSR count). The molecule has 0 aliphatic heterocycles. The van der Waals surface area contributed by atoms with Gasteiger partial charge in [0.25, 0.3) is 0 Å². The zero-order valence-corrected chi connectivity index (χ0v) is 29.5. The molecule has 7 aromatic carbocycles. The monoisotopic (exact) mass is 682 g/mol. The molecular weight excluding hydrogens is 645 g/mol. The molecule has 8 aromatic rings. The quantitative estimate of drug-likeness (QED) is 0.168. The van der Waals surface area contributed by atoms with E-state index in [0.29, 0.717) is 17.5 Å². The zero-order chi connectivity index (χ0) is 35.6. The van der Waals surface area contributed by atoms with Gasteiger partial charge in [0.1, 0.15) is 0 Å². The first kappa shape index (κ1) is 32.3. The lowest BCUT2D eigenvalue weighted by Crippen LogP contribution is -2.12. The van der Waals surface area contributed by atoms with Crippen molar-refractivity contribution in [3.63, 3.8) is 0 Å². The van der Waals surface area contributed by atoms with Gasteiger partial charge in [-0.25, -0.2) is 15.0 Å². The Bertz CT molecular complexity index is 2380. The molecule has 0 fully saturated rings. The standard InChI is InChI=1S/C49H38N4/c1-34-43-31-30-42(53(40-21-10-4-11-22-40)41-23-12-5-13-24-41)33-46(43)44-25-15-14-20-39(44)32-45(34)35-26-28-38(29-27-35)49-51-47(36-16-6-2-7-17-36)50-48(52-49)37-18-8-3-9-19-37/h2-31,33-34,45H,32H2,1H3. The summed E-state index contributed by atoms with van der Waals surface area (Å²) in [7, 11) is 0. The molecule has 53 heavy (non-hydrogen) atoms. The van der Waals surface area contributed by atoms with E-state index in [0.717, 1.165) is 40.2 Å². The Balaban J connectivity index is 1.10. The number of fused-ring (bicyclic) bond motifs is 3. The number of anilines is 3. The highest BCUT2D eigenvalue weighted by Gasteiger charge is 2.29. The summed E-state index contributed by atoms with van der Waals surface area (Å²) in [4.78, 5) is 17.2. The molecule has 0 saturated heterocycles. The summed E-state index contributed by atoms with van der Waals surface area (Å²) >= 11 is 0. The molecule has 4 nitrogen and oxygen atoms in total. The lowest BCUT2D eigenvalue weighted by atomic mass is 9.80. The Hall–Kier alpha value is -6.65. The van der Waals surface area contributed by atoms with Gasteiger partial charge < -0.3 is 4.90 Å². The van der Waals surface area contributed by atoms with Crippen LogP contribution in [0.1, 0.15) is 35.4 Å². The van der Waals surface area contributed by atoms with Crippen molar-refractivity contribution in [3.8, 4) is 45.3 Å². The minimum absolute atomic E-state index is 0.283. The second-order valence-electron chi connectivity index (χ2n) is 13.7. The van der Waals surface area contributed by atoms with Crippen molar-refractivity contribution in [2.24, 2.45) is 0 Å². The lowest BCUT2D eigenvalue weighted by molar-refractivity contribution is 0.579. The number of aromatic nitrogens is 3. The van der Waals surface area contributed by atoms with E-state index in [-0.39, 0.29) is 11.8 Å². The van der Waals surface area contributed by atoms with Crippen molar-refractivity contribution >= 4 is 17.1 Å². The first-order chi connectivity index (χ1) is 26.2. The Morgan fingerprint density at radius 1 is 0.434 bits per heavy atom. The van der Waals surface area contributed by atoms with Gasteiger partial charge in [-0.05, 0) is 82.5 Å². The van der Waals surface area contributed by atoms with Crippen molar-refractivity contribution in [3.05, 3.63) is 205 Å². The first-order valence-electron chi connectivity index (χ1n) is 18.3. The second kappa shape index (κ2) is 14.2. The molecule has 0 N–H and O–H groups in total. The van der Waals surface area contributed by atoms with Crippen LogP contribution in [-0.2, 0) is 6.42 Å². The van der Waals surface area contributed by atoms with E-state index in [1.807, 2.05) is 60.7 Å². The van der Waals surface area contributed by atoms with E-state index < -0.39 is 0 Å². The van der Waals surface area contributed by atoms with E-state index >= 15 is 0 Å². The molecule has 0 radical (unpaired) electrons. The molecule has 1 aromatic heterocycles. The molecule has 1 heterocycles. The summed E-state index contributed by atoms with van der Waals surface area (Å²) in [6.45, 7) is 2.39. The number of rotatable bonds is 7. The maximum absolute atomic E-state index is 4.97. The summed E-state index contributed by atoms with van der Waals surface area (Å²) in [6.07, 6.45) is 0.948. The van der Waals surface area contributed by atoms with E-state index in [2.05, 4.69) is 139 Å².